The predicted molar refractivity (Wildman–Crippen MR) is 51.2 cm³/mol. The third-order valence-electron chi connectivity index (χ3n) is 1.68. The molecular weight excluding hydrogens is 245 g/mol. The minimum atomic E-state index is -4.54. The summed E-state index contributed by atoms with van der Waals surface area (Å²) in [5, 5.41) is 10.2. The summed E-state index contributed by atoms with van der Waals surface area (Å²) in [6.07, 6.45) is -2.82. The van der Waals surface area contributed by atoms with Crippen LogP contribution >= 0.6 is 11.8 Å². The first kappa shape index (κ1) is 12.9. The topological polar surface area (TPSA) is 55.1 Å². The van der Waals surface area contributed by atoms with Crippen molar-refractivity contribution in [2.45, 2.75) is 22.7 Å². The largest absolute Gasteiger partial charge is 0.481 e. The number of alkyl halides is 3. The van der Waals surface area contributed by atoms with Crippen molar-refractivity contribution in [3.05, 3.63) is 12.4 Å². The first-order valence-corrected chi connectivity index (χ1v) is 5.11. The molecule has 0 aliphatic rings. The summed E-state index contributed by atoms with van der Waals surface area (Å²) in [5.74, 6) is -1.47. The Morgan fingerprint density at radius 3 is 2.69 bits per heavy atom. The molecule has 1 rings (SSSR count). The van der Waals surface area contributed by atoms with Crippen LogP contribution in [-0.4, -0.2) is 32.3 Å². The number of carboxylic acid groups (broad SMARTS) is 1. The van der Waals surface area contributed by atoms with Crippen LogP contribution in [0.1, 0.15) is 6.42 Å². The van der Waals surface area contributed by atoms with Crippen molar-refractivity contribution in [2.75, 3.05) is 0 Å². The lowest BCUT2D eigenvalue weighted by molar-refractivity contribution is -0.149. The molecule has 0 saturated carbocycles. The number of halogens is 3. The summed E-state index contributed by atoms with van der Waals surface area (Å²) in [5.41, 5.74) is 0. The molecule has 1 heterocycles. The van der Waals surface area contributed by atoms with Gasteiger partial charge in [0, 0.05) is 18.1 Å². The lowest BCUT2D eigenvalue weighted by atomic mass is 10.3. The molecule has 0 fully saturated rings. The van der Waals surface area contributed by atoms with Gasteiger partial charge in [0.1, 0.15) is 5.25 Å². The van der Waals surface area contributed by atoms with Gasteiger partial charge in [-0.25, -0.2) is 0 Å². The molecule has 1 N–H and O–H groups in total. The van der Waals surface area contributed by atoms with Crippen LogP contribution in [0.5, 0.6) is 0 Å². The molecule has 16 heavy (non-hydrogen) atoms. The van der Waals surface area contributed by atoms with E-state index in [4.69, 9.17) is 5.11 Å². The van der Waals surface area contributed by atoms with E-state index >= 15 is 0 Å². The van der Waals surface area contributed by atoms with Crippen molar-refractivity contribution in [3.63, 3.8) is 0 Å². The Bertz CT molecular complexity index is 378. The molecule has 90 valence electrons. The second-order valence-electron chi connectivity index (χ2n) is 3.10. The Morgan fingerprint density at radius 1 is 1.69 bits per heavy atom. The quantitative estimate of drug-likeness (QED) is 0.834. The Hall–Kier alpha value is -1.18. The molecule has 1 atom stereocenters. The van der Waals surface area contributed by atoms with Crippen LogP contribution in [0.3, 0.4) is 0 Å². The highest BCUT2D eigenvalue weighted by molar-refractivity contribution is 8.00. The van der Waals surface area contributed by atoms with E-state index in [1.807, 2.05) is 0 Å². The maximum Gasteiger partial charge on any atom is 0.401 e. The van der Waals surface area contributed by atoms with Gasteiger partial charge in [0.15, 0.2) is 0 Å². The van der Waals surface area contributed by atoms with Gasteiger partial charge in [0.05, 0.1) is 12.6 Å². The second-order valence-corrected chi connectivity index (χ2v) is 4.37. The molecule has 1 aromatic heterocycles. The fourth-order valence-electron chi connectivity index (χ4n) is 1.01. The van der Waals surface area contributed by atoms with Gasteiger partial charge in [-0.2, -0.15) is 18.3 Å². The van der Waals surface area contributed by atoms with E-state index < -0.39 is 23.8 Å². The van der Waals surface area contributed by atoms with Crippen LogP contribution in [0.15, 0.2) is 17.3 Å². The van der Waals surface area contributed by atoms with E-state index in [0.29, 0.717) is 16.7 Å². The molecule has 0 aromatic carbocycles. The standard InChI is InChI=1S/C8H9F3N2O2S/c1-13-4-5(3-12-13)16-6(2-7(14)15)8(9,10)11/h3-4,6H,2H2,1H3,(H,14,15). The SMILES string of the molecule is Cn1cc(SC(CC(=O)O)C(F)(F)F)cn1. The molecule has 0 saturated heterocycles. The van der Waals surface area contributed by atoms with Crippen LogP contribution in [0.2, 0.25) is 0 Å². The molecule has 1 aromatic rings. The summed E-state index contributed by atoms with van der Waals surface area (Å²) in [4.78, 5) is 10.6. The maximum absolute atomic E-state index is 12.5. The van der Waals surface area contributed by atoms with Gasteiger partial charge in [-0.05, 0) is 0 Å². The summed E-state index contributed by atoms with van der Waals surface area (Å²) >= 11 is 0.456. The van der Waals surface area contributed by atoms with Gasteiger partial charge < -0.3 is 5.11 Å². The average molecular weight is 254 g/mol. The van der Waals surface area contributed by atoms with Gasteiger partial charge in [-0.15, -0.1) is 11.8 Å². The summed E-state index contributed by atoms with van der Waals surface area (Å²) < 4.78 is 38.7. The van der Waals surface area contributed by atoms with E-state index in [-0.39, 0.29) is 0 Å². The van der Waals surface area contributed by atoms with Crippen LogP contribution in [0.25, 0.3) is 0 Å². The van der Waals surface area contributed by atoms with Crippen LogP contribution in [0, 0.1) is 0 Å². The van der Waals surface area contributed by atoms with Crippen molar-refractivity contribution < 1.29 is 23.1 Å². The van der Waals surface area contributed by atoms with Gasteiger partial charge in [0.2, 0.25) is 0 Å². The van der Waals surface area contributed by atoms with E-state index in [1.54, 1.807) is 7.05 Å². The number of hydrogen-bond acceptors (Lipinski definition) is 3. The van der Waals surface area contributed by atoms with Gasteiger partial charge >= 0.3 is 12.1 Å². The average Bonchev–Trinajstić information content (AvgIpc) is 2.47. The molecule has 0 radical (unpaired) electrons. The second kappa shape index (κ2) is 4.77. The van der Waals surface area contributed by atoms with Gasteiger partial charge in [-0.1, -0.05) is 0 Å². The Balaban J connectivity index is 2.74. The summed E-state index contributed by atoms with van der Waals surface area (Å²) in [6.45, 7) is 0. The molecule has 0 aliphatic heterocycles. The number of hydrogen-bond donors (Lipinski definition) is 1. The number of aryl methyl sites for hydroxylation is 1. The van der Waals surface area contributed by atoms with E-state index in [1.165, 1.54) is 17.1 Å². The smallest absolute Gasteiger partial charge is 0.401 e. The minimum Gasteiger partial charge on any atom is -0.481 e. The molecule has 4 nitrogen and oxygen atoms in total. The molecule has 8 heteroatoms. The Morgan fingerprint density at radius 2 is 2.31 bits per heavy atom. The van der Waals surface area contributed by atoms with Crippen molar-refractivity contribution in [1.82, 2.24) is 9.78 Å². The Kier molecular flexibility index (Phi) is 3.84. The van der Waals surface area contributed by atoms with E-state index in [0.717, 1.165) is 0 Å². The first-order chi connectivity index (χ1) is 7.29. The fourth-order valence-corrected chi connectivity index (χ4v) is 2.02. The predicted octanol–water partition coefficient (Wildman–Crippen LogP) is 1.92. The number of aliphatic carboxylic acids is 1. The highest BCUT2D eigenvalue weighted by Gasteiger charge is 2.41. The van der Waals surface area contributed by atoms with Crippen molar-refractivity contribution in [3.8, 4) is 0 Å². The number of nitrogens with zero attached hydrogens (tertiary/aromatic N) is 2. The fraction of sp³-hybridized carbons (Fsp3) is 0.500. The van der Waals surface area contributed by atoms with Gasteiger partial charge in [0.25, 0.3) is 0 Å². The number of thioether (sulfide) groups is 1. The molecule has 0 bridgehead atoms. The lowest BCUT2D eigenvalue weighted by Crippen LogP contribution is -2.28. The summed E-state index contributed by atoms with van der Waals surface area (Å²) in [7, 11) is 1.57. The zero-order chi connectivity index (χ0) is 12.3. The van der Waals surface area contributed by atoms with Crippen LogP contribution in [-0.2, 0) is 11.8 Å². The third kappa shape index (κ3) is 3.76. The normalized spacial score (nSPS) is 13.8. The van der Waals surface area contributed by atoms with Crippen LogP contribution in [0.4, 0.5) is 13.2 Å². The number of aromatic nitrogens is 2. The highest BCUT2D eigenvalue weighted by Crippen LogP contribution is 2.36. The number of carbonyl (C=O) groups is 1. The number of carboxylic acids is 1. The molecule has 0 aliphatic carbocycles. The summed E-state index contributed by atoms with van der Waals surface area (Å²) in [6, 6.07) is 0. The van der Waals surface area contributed by atoms with E-state index in [2.05, 4.69) is 5.10 Å². The molecule has 1 unspecified atom stereocenters. The maximum atomic E-state index is 12.5. The minimum absolute atomic E-state index is 0.297. The first-order valence-electron chi connectivity index (χ1n) is 4.23. The molecule has 0 spiro atoms. The van der Waals surface area contributed by atoms with Gasteiger partial charge in [-0.3, -0.25) is 9.48 Å². The zero-order valence-electron chi connectivity index (χ0n) is 8.23. The van der Waals surface area contributed by atoms with Crippen molar-refractivity contribution in [1.29, 1.82) is 0 Å². The lowest BCUT2D eigenvalue weighted by Gasteiger charge is -2.16. The molecule has 0 amide bonds. The van der Waals surface area contributed by atoms with Crippen molar-refractivity contribution in [2.24, 2.45) is 7.05 Å². The monoisotopic (exact) mass is 254 g/mol. The Labute approximate surface area is 93.4 Å². The zero-order valence-corrected chi connectivity index (χ0v) is 9.05. The van der Waals surface area contributed by atoms with E-state index in [9.17, 15) is 18.0 Å². The molecular formula is C8H9F3N2O2S. The number of rotatable bonds is 4. The van der Waals surface area contributed by atoms with Crippen LogP contribution < -0.4 is 0 Å². The highest BCUT2D eigenvalue weighted by atomic mass is 32.2. The third-order valence-corrected chi connectivity index (χ3v) is 2.89. The van der Waals surface area contributed by atoms with Crippen molar-refractivity contribution >= 4 is 17.7 Å².